The zero-order valence-corrected chi connectivity index (χ0v) is 11.1. The number of hydrogen-bond donors (Lipinski definition) is 1. The highest BCUT2D eigenvalue weighted by Crippen LogP contribution is 2.23. The maximum atomic E-state index is 12.0. The van der Waals surface area contributed by atoms with Gasteiger partial charge in [0, 0.05) is 30.7 Å². The number of nitrogens with zero attached hydrogens (tertiary/aromatic N) is 3. The molecule has 20 heavy (non-hydrogen) atoms. The van der Waals surface area contributed by atoms with Crippen LogP contribution in [0.25, 0.3) is 0 Å². The Hall–Kier alpha value is -2.43. The quantitative estimate of drug-likeness (QED) is 0.928. The molecule has 1 saturated heterocycles. The Balaban J connectivity index is 1.74. The maximum Gasteiger partial charge on any atom is 0.274 e. The van der Waals surface area contributed by atoms with Crippen molar-refractivity contribution in [2.75, 3.05) is 23.3 Å². The molecule has 1 aromatic carbocycles. The SMILES string of the molecule is O=C(Nc1cccc(N2CCCC2)c1)c1ccncn1. The van der Waals surface area contributed by atoms with Gasteiger partial charge in [0.05, 0.1) is 0 Å². The molecule has 0 unspecified atom stereocenters. The molecule has 1 aliphatic rings. The first-order valence-electron chi connectivity index (χ1n) is 6.75. The van der Waals surface area contributed by atoms with Gasteiger partial charge in [-0.2, -0.15) is 0 Å². The van der Waals surface area contributed by atoms with E-state index in [1.54, 1.807) is 12.3 Å². The summed E-state index contributed by atoms with van der Waals surface area (Å²) in [6.45, 7) is 2.17. The number of carbonyl (C=O) groups is 1. The van der Waals surface area contributed by atoms with E-state index in [1.165, 1.54) is 19.2 Å². The Labute approximate surface area is 117 Å². The van der Waals surface area contributed by atoms with E-state index in [2.05, 4.69) is 26.3 Å². The normalized spacial score (nSPS) is 14.3. The van der Waals surface area contributed by atoms with Gasteiger partial charge in [-0.15, -0.1) is 0 Å². The first-order valence-corrected chi connectivity index (χ1v) is 6.75. The summed E-state index contributed by atoms with van der Waals surface area (Å²) in [7, 11) is 0. The lowest BCUT2D eigenvalue weighted by atomic mass is 10.2. The van der Waals surface area contributed by atoms with Crippen molar-refractivity contribution in [1.82, 2.24) is 9.97 Å². The molecule has 2 heterocycles. The summed E-state index contributed by atoms with van der Waals surface area (Å²) in [6.07, 6.45) is 5.40. The van der Waals surface area contributed by atoms with Crippen molar-refractivity contribution >= 4 is 17.3 Å². The largest absolute Gasteiger partial charge is 0.371 e. The molecule has 1 N–H and O–H groups in total. The Kier molecular flexibility index (Phi) is 3.58. The summed E-state index contributed by atoms with van der Waals surface area (Å²) < 4.78 is 0. The van der Waals surface area contributed by atoms with Crippen LogP contribution >= 0.6 is 0 Å². The summed E-state index contributed by atoms with van der Waals surface area (Å²) in [6, 6.07) is 9.53. The zero-order chi connectivity index (χ0) is 13.8. The molecule has 102 valence electrons. The zero-order valence-electron chi connectivity index (χ0n) is 11.1. The number of benzene rings is 1. The van der Waals surface area contributed by atoms with Crippen LogP contribution in [0.4, 0.5) is 11.4 Å². The van der Waals surface area contributed by atoms with E-state index in [1.807, 2.05) is 18.2 Å². The van der Waals surface area contributed by atoms with Crippen molar-refractivity contribution in [2.24, 2.45) is 0 Å². The summed E-state index contributed by atoms with van der Waals surface area (Å²) in [5.41, 5.74) is 2.31. The third kappa shape index (κ3) is 2.77. The molecule has 1 aromatic heterocycles. The van der Waals surface area contributed by atoms with Crippen LogP contribution in [0.1, 0.15) is 23.3 Å². The van der Waals surface area contributed by atoms with Gasteiger partial charge in [-0.1, -0.05) is 6.07 Å². The fourth-order valence-corrected chi connectivity index (χ4v) is 2.38. The summed E-state index contributed by atoms with van der Waals surface area (Å²) >= 11 is 0. The number of hydrogen-bond acceptors (Lipinski definition) is 4. The highest BCUT2D eigenvalue weighted by Gasteiger charge is 2.13. The monoisotopic (exact) mass is 268 g/mol. The van der Waals surface area contributed by atoms with E-state index < -0.39 is 0 Å². The third-order valence-electron chi connectivity index (χ3n) is 3.39. The molecule has 0 saturated carbocycles. The number of rotatable bonds is 3. The average molecular weight is 268 g/mol. The minimum absolute atomic E-state index is 0.217. The van der Waals surface area contributed by atoms with E-state index in [4.69, 9.17) is 0 Å². The van der Waals surface area contributed by atoms with Crippen LogP contribution in [0.5, 0.6) is 0 Å². The predicted octanol–water partition coefficient (Wildman–Crippen LogP) is 2.33. The van der Waals surface area contributed by atoms with E-state index in [9.17, 15) is 4.79 Å². The smallest absolute Gasteiger partial charge is 0.274 e. The van der Waals surface area contributed by atoms with Gasteiger partial charge in [0.25, 0.3) is 5.91 Å². The van der Waals surface area contributed by atoms with Crippen LogP contribution in [0.2, 0.25) is 0 Å². The molecule has 1 aliphatic heterocycles. The van der Waals surface area contributed by atoms with Crippen LogP contribution < -0.4 is 10.2 Å². The lowest BCUT2D eigenvalue weighted by molar-refractivity contribution is 0.102. The summed E-state index contributed by atoms with van der Waals surface area (Å²) in [4.78, 5) is 22.1. The van der Waals surface area contributed by atoms with E-state index in [0.29, 0.717) is 5.69 Å². The number of anilines is 2. The van der Waals surface area contributed by atoms with Gasteiger partial charge in [0.2, 0.25) is 0 Å². The summed E-state index contributed by atoms with van der Waals surface area (Å²) in [5.74, 6) is -0.217. The molecule has 5 heteroatoms. The maximum absolute atomic E-state index is 12.0. The molecule has 1 amide bonds. The van der Waals surface area contributed by atoms with Crippen molar-refractivity contribution in [3.63, 3.8) is 0 Å². The molecular weight excluding hydrogens is 252 g/mol. The number of carbonyl (C=O) groups excluding carboxylic acids is 1. The van der Waals surface area contributed by atoms with Gasteiger partial charge in [-0.3, -0.25) is 4.79 Å². The summed E-state index contributed by atoms with van der Waals surface area (Å²) in [5, 5.41) is 2.87. The van der Waals surface area contributed by atoms with Crippen molar-refractivity contribution in [3.8, 4) is 0 Å². The topological polar surface area (TPSA) is 58.1 Å². The molecule has 0 atom stereocenters. The van der Waals surface area contributed by atoms with Crippen molar-refractivity contribution in [3.05, 3.63) is 48.5 Å². The molecule has 0 aliphatic carbocycles. The lowest BCUT2D eigenvalue weighted by Gasteiger charge is -2.18. The highest BCUT2D eigenvalue weighted by molar-refractivity contribution is 6.02. The van der Waals surface area contributed by atoms with Crippen LogP contribution in [0.3, 0.4) is 0 Å². The average Bonchev–Trinajstić information content (AvgIpc) is 3.03. The molecule has 0 bridgehead atoms. The second kappa shape index (κ2) is 5.69. The number of aromatic nitrogens is 2. The molecular formula is C15H16N4O. The van der Waals surface area contributed by atoms with E-state index in [0.717, 1.165) is 24.5 Å². The Morgan fingerprint density at radius 3 is 2.80 bits per heavy atom. The number of amides is 1. The minimum Gasteiger partial charge on any atom is -0.371 e. The Bertz CT molecular complexity index is 594. The lowest BCUT2D eigenvalue weighted by Crippen LogP contribution is -2.18. The Morgan fingerprint density at radius 2 is 2.05 bits per heavy atom. The molecule has 0 radical (unpaired) electrons. The molecule has 2 aromatic rings. The van der Waals surface area contributed by atoms with Gasteiger partial charge in [0.15, 0.2) is 0 Å². The second-order valence-corrected chi connectivity index (χ2v) is 4.79. The third-order valence-corrected chi connectivity index (χ3v) is 3.39. The van der Waals surface area contributed by atoms with Crippen LogP contribution in [0, 0.1) is 0 Å². The molecule has 5 nitrogen and oxygen atoms in total. The molecule has 3 rings (SSSR count). The van der Waals surface area contributed by atoms with Gasteiger partial charge in [-0.05, 0) is 37.1 Å². The minimum atomic E-state index is -0.217. The first kappa shape index (κ1) is 12.6. The van der Waals surface area contributed by atoms with Gasteiger partial charge >= 0.3 is 0 Å². The van der Waals surface area contributed by atoms with Crippen molar-refractivity contribution in [1.29, 1.82) is 0 Å². The molecule has 1 fully saturated rings. The van der Waals surface area contributed by atoms with Gasteiger partial charge in [-0.25, -0.2) is 9.97 Å². The fraction of sp³-hybridized carbons (Fsp3) is 0.267. The molecule has 0 spiro atoms. The highest BCUT2D eigenvalue weighted by atomic mass is 16.1. The Morgan fingerprint density at radius 1 is 1.20 bits per heavy atom. The van der Waals surface area contributed by atoms with Crippen LogP contribution in [-0.2, 0) is 0 Å². The fourth-order valence-electron chi connectivity index (χ4n) is 2.38. The number of nitrogens with one attached hydrogen (secondary N) is 1. The van der Waals surface area contributed by atoms with Gasteiger partial charge in [0.1, 0.15) is 12.0 Å². The van der Waals surface area contributed by atoms with Crippen molar-refractivity contribution in [2.45, 2.75) is 12.8 Å². The predicted molar refractivity (Wildman–Crippen MR) is 77.9 cm³/mol. The second-order valence-electron chi connectivity index (χ2n) is 4.79. The first-order chi connectivity index (χ1) is 9.83. The van der Waals surface area contributed by atoms with Crippen molar-refractivity contribution < 1.29 is 4.79 Å². The van der Waals surface area contributed by atoms with E-state index in [-0.39, 0.29) is 5.91 Å². The van der Waals surface area contributed by atoms with Crippen LogP contribution in [0.15, 0.2) is 42.9 Å². The van der Waals surface area contributed by atoms with Crippen LogP contribution in [-0.4, -0.2) is 29.0 Å². The van der Waals surface area contributed by atoms with E-state index >= 15 is 0 Å². The van der Waals surface area contributed by atoms with Gasteiger partial charge < -0.3 is 10.2 Å². The standard InChI is InChI=1S/C15H16N4O/c20-15(14-6-7-16-11-17-14)18-12-4-3-5-13(10-12)19-8-1-2-9-19/h3-7,10-11H,1-2,8-9H2,(H,18,20).